The molecular formula is C12H14ClN3. The van der Waals surface area contributed by atoms with Crippen molar-refractivity contribution in [3.05, 3.63) is 29.2 Å². The van der Waals surface area contributed by atoms with Crippen LogP contribution in [0.25, 0.3) is 10.9 Å². The van der Waals surface area contributed by atoms with Gasteiger partial charge in [0.1, 0.15) is 0 Å². The Kier molecular flexibility index (Phi) is 2.50. The fourth-order valence-corrected chi connectivity index (χ4v) is 1.86. The van der Waals surface area contributed by atoms with E-state index in [2.05, 4.69) is 30.7 Å². The molecule has 4 heteroatoms. The van der Waals surface area contributed by atoms with E-state index in [1.807, 2.05) is 18.2 Å². The van der Waals surface area contributed by atoms with E-state index in [1.54, 1.807) is 0 Å². The van der Waals surface area contributed by atoms with Crippen LogP contribution in [0.3, 0.4) is 0 Å². The Morgan fingerprint density at radius 1 is 1.19 bits per heavy atom. The molecule has 2 rings (SSSR count). The summed E-state index contributed by atoms with van der Waals surface area (Å²) in [4.78, 5) is 8.50. The second-order valence-corrected chi connectivity index (χ2v) is 5.21. The minimum absolute atomic E-state index is 0.0847. The van der Waals surface area contributed by atoms with Crippen LogP contribution in [0, 0.1) is 0 Å². The van der Waals surface area contributed by atoms with Crippen LogP contribution < -0.4 is 5.73 Å². The van der Waals surface area contributed by atoms with Gasteiger partial charge in [0.2, 0.25) is 5.28 Å². The van der Waals surface area contributed by atoms with E-state index in [-0.39, 0.29) is 10.7 Å². The highest BCUT2D eigenvalue weighted by molar-refractivity contribution is 6.28. The zero-order valence-electron chi connectivity index (χ0n) is 9.58. The average Bonchev–Trinajstić information content (AvgIpc) is 2.16. The largest absolute Gasteiger partial charge is 0.399 e. The van der Waals surface area contributed by atoms with E-state index in [0.717, 1.165) is 16.6 Å². The van der Waals surface area contributed by atoms with Gasteiger partial charge in [-0.15, -0.1) is 0 Å². The minimum Gasteiger partial charge on any atom is -0.399 e. The molecule has 16 heavy (non-hydrogen) atoms. The smallest absolute Gasteiger partial charge is 0.223 e. The van der Waals surface area contributed by atoms with Crippen molar-refractivity contribution in [1.29, 1.82) is 0 Å². The zero-order chi connectivity index (χ0) is 11.9. The van der Waals surface area contributed by atoms with Crippen molar-refractivity contribution in [3.8, 4) is 0 Å². The van der Waals surface area contributed by atoms with Crippen LogP contribution in [-0.2, 0) is 5.41 Å². The number of hydrogen-bond donors (Lipinski definition) is 1. The summed E-state index contributed by atoms with van der Waals surface area (Å²) in [6.07, 6.45) is 0. The average molecular weight is 236 g/mol. The van der Waals surface area contributed by atoms with Gasteiger partial charge in [-0.05, 0) is 29.8 Å². The van der Waals surface area contributed by atoms with Crippen molar-refractivity contribution in [2.45, 2.75) is 26.2 Å². The Morgan fingerprint density at radius 3 is 2.50 bits per heavy atom. The van der Waals surface area contributed by atoms with Gasteiger partial charge in [-0.3, -0.25) is 0 Å². The molecule has 0 fully saturated rings. The molecule has 0 spiro atoms. The highest BCUT2D eigenvalue weighted by Crippen LogP contribution is 2.29. The molecule has 0 radical (unpaired) electrons. The molecule has 1 aromatic heterocycles. The first-order chi connectivity index (χ1) is 7.38. The Bertz CT molecular complexity index is 544. The van der Waals surface area contributed by atoms with E-state index < -0.39 is 0 Å². The summed E-state index contributed by atoms with van der Waals surface area (Å²) in [6.45, 7) is 6.27. The molecule has 2 aromatic rings. The number of nitrogens with two attached hydrogens (primary N) is 1. The van der Waals surface area contributed by atoms with Gasteiger partial charge in [-0.2, -0.15) is 0 Å². The maximum atomic E-state index is 5.92. The monoisotopic (exact) mass is 235 g/mol. The third kappa shape index (κ3) is 1.95. The number of hydrogen-bond acceptors (Lipinski definition) is 3. The number of benzene rings is 1. The van der Waals surface area contributed by atoms with Gasteiger partial charge in [0.25, 0.3) is 0 Å². The van der Waals surface area contributed by atoms with Crippen LogP contribution >= 0.6 is 11.6 Å². The van der Waals surface area contributed by atoms with Crippen molar-refractivity contribution in [2.24, 2.45) is 0 Å². The first-order valence-corrected chi connectivity index (χ1v) is 5.49. The molecule has 0 aliphatic carbocycles. The summed E-state index contributed by atoms with van der Waals surface area (Å²) in [7, 11) is 0. The molecule has 0 aliphatic rings. The third-order valence-corrected chi connectivity index (χ3v) is 2.57. The van der Waals surface area contributed by atoms with Gasteiger partial charge in [0.05, 0.1) is 11.2 Å². The lowest BCUT2D eigenvalue weighted by atomic mass is 9.89. The molecule has 0 amide bonds. The Balaban J connectivity index is 2.85. The first kappa shape index (κ1) is 11.1. The number of halogens is 1. The third-order valence-electron chi connectivity index (χ3n) is 2.40. The van der Waals surface area contributed by atoms with Gasteiger partial charge >= 0.3 is 0 Å². The standard InChI is InChI=1S/C12H14ClN3/c1-12(2,3)10-8-6-7(14)4-5-9(8)15-11(13)16-10/h4-6H,14H2,1-3H3. The molecule has 0 saturated carbocycles. The molecule has 84 valence electrons. The Hall–Kier alpha value is -1.35. The second-order valence-electron chi connectivity index (χ2n) is 4.87. The minimum atomic E-state index is -0.0847. The van der Waals surface area contributed by atoms with Crippen LogP contribution in [0.15, 0.2) is 18.2 Å². The number of nitrogens with zero attached hydrogens (tertiary/aromatic N) is 2. The lowest BCUT2D eigenvalue weighted by Crippen LogP contribution is -2.15. The van der Waals surface area contributed by atoms with Crippen molar-refractivity contribution < 1.29 is 0 Å². The SMILES string of the molecule is CC(C)(C)c1nc(Cl)nc2ccc(N)cc12. The van der Waals surface area contributed by atoms with E-state index in [4.69, 9.17) is 17.3 Å². The van der Waals surface area contributed by atoms with Gasteiger partial charge < -0.3 is 5.73 Å². The maximum Gasteiger partial charge on any atom is 0.223 e. The van der Waals surface area contributed by atoms with Crippen LogP contribution in [0.1, 0.15) is 26.5 Å². The van der Waals surface area contributed by atoms with Crippen LogP contribution in [-0.4, -0.2) is 9.97 Å². The number of anilines is 1. The van der Waals surface area contributed by atoms with E-state index in [9.17, 15) is 0 Å². The fraction of sp³-hybridized carbons (Fsp3) is 0.333. The van der Waals surface area contributed by atoms with Gasteiger partial charge in [0, 0.05) is 16.5 Å². The lowest BCUT2D eigenvalue weighted by molar-refractivity contribution is 0.574. The van der Waals surface area contributed by atoms with Crippen molar-refractivity contribution in [2.75, 3.05) is 5.73 Å². The number of fused-ring (bicyclic) bond motifs is 1. The maximum absolute atomic E-state index is 5.92. The van der Waals surface area contributed by atoms with Crippen LogP contribution in [0.4, 0.5) is 5.69 Å². The number of nitrogen functional groups attached to an aromatic ring is 1. The summed E-state index contributed by atoms with van der Waals surface area (Å²) >= 11 is 5.92. The van der Waals surface area contributed by atoms with Gasteiger partial charge in [0.15, 0.2) is 0 Å². The van der Waals surface area contributed by atoms with Crippen LogP contribution in [0.2, 0.25) is 5.28 Å². The second kappa shape index (κ2) is 3.59. The molecule has 3 nitrogen and oxygen atoms in total. The zero-order valence-corrected chi connectivity index (χ0v) is 10.3. The Labute approximate surface area is 99.7 Å². The van der Waals surface area contributed by atoms with E-state index in [1.165, 1.54) is 0 Å². The molecule has 1 heterocycles. The summed E-state index contributed by atoms with van der Waals surface area (Å²) in [5.74, 6) is 0. The predicted octanol–water partition coefficient (Wildman–Crippen LogP) is 3.16. The van der Waals surface area contributed by atoms with Gasteiger partial charge in [-0.1, -0.05) is 20.8 Å². The number of rotatable bonds is 0. The molecule has 0 bridgehead atoms. The number of aromatic nitrogens is 2. The fourth-order valence-electron chi connectivity index (χ4n) is 1.69. The van der Waals surface area contributed by atoms with E-state index in [0.29, 0.717) is 5.69 Å². The first-order valence-electron chi connectivity index (χ1n) is 5.11. The lowest BCUT2D eigenvalue weighted by Gasteiger charge is -2.19. The van der Waals surface area contributed by atoms with Crippen molar-refractivity contribution >= 4 is 28.2 Å². The summed E-state index contributed by atoms with van der Waals surface area (Å²) < 4.78 is 0. The molecule has 2 N–H and O–H groups in total. The van der Waals surface area contributed by atoms with Crippen molar-refractivity contribution in [3.63, 3.8) is 0 Å². The summed E-state index contributed by atoms with van der Waals surface area (Å²) in [5.41, 5.74) is 8.17. The van der Waals surface area contributed by atoms with E-state index >= 15 is 0 Å². The highest BCUT2D eigenvalue weighted by Gasteiger charge is 2.20. The predicted molar refractivity (Wildman–Crippen MR) is 67.7 cm³/mol. The molecule has 0 aliphatic heterocycles. The molecule has 0 unspecified atom stereocenters. The quantitative estimate of drug-likeness (QED) is 0.564. The normalized spacial score (nSPS) is 12.0. The van der Waals surface area contributed by atoms with Crippen LogP contribution in [0.5, 0.6) is 0 Å². The Morgan fingerprint density at radius 2 is 1.88 bits per heavy atom. The van der Waals surface area contributed by atoms with Gasteiger partial charge in [-0.25, -0.2) is 9.97 Å². The summed E-state index contributed by atoms with van der Waals surface area (Å²) in [6, 6.07) is 5.58. The van der Waals surface area contributed by atoms with Crippen molar-refractivity contribution in [1.82, 2.24) is 9.97 Å². The molecular weight excluding hydrogens is 222 g/mol. The highest BCUT2D eigenvalue weighted by atomic mass is 35.5. The molecule has 1 aromatic carbocycles. The topological polar surface area (TPSA) is 51.8 Å². The summed E-state index contributed by atoms with van der Waals surface area (Å²) in [5, 5.41) is 1.25. The molecule has 0 atom stereocenters. The molecule has 0 saturated heterocycles.